The van der Waals surface area contributed by atoms with Crippen LogP contribution in [0.3, 0.4) is 0 Å². The van der Waals surface area contributed by atoms with E-state index < -0.39 is 5.97 Å². The van der Waals surface area contributed by atoms with Crippen molar-refractivity contribution in [3.63, 3.8) is 0 Å². The summed E-state index contributed by atoms with van der Waals surface area (Å²) in [5, 5.41) is 0. The van der Waals surface area contributed by atoms with Crippen molar-refractivity contribution < 1.29 is 19.1 Å². The number of benzene rings is 1. The quantitative estimate of drug-likeness (QED) is 0.706. The summed E-state index contributed by atoms with van der Waals surface area (Å²) in [4.78, 5) is 32.6. The number of rotatable bonds is 7. The highest BCUT2D eigenvalue weighted by molar-refractivity contribution is 6.00. The minimum absolute atomic E-state index is 0.0700. The molecular formula is C23H31N3O4. The molecule has 0 atom stereocenters. The van der Waals surface area contributed by atoms with Crippen LogP contribution in [0.1, 0.15) is 46.0 Å². The molecule has 0 saturated carbocycles. The van der Waals surface area contributed by atoms with Gasteiger partial charge in [0.2, 0.25) is 0 Å². The Hall–Kier alpha value is -2.80. The van der Waals surface area contributed by atoms with E-state index in [9.17, 15) is 9.59 Å². The van der Waals surface area contributed by atoms with Gasteiger partial charge in [-0.2, -0.15) is 0 Å². The average Bonchev–Trinajstić information content (AvgIpc) is 3.02. The topological polar surface area (TPSA) is 74.9 Å². The Morgan fingerprint density at radius 3 is 2.37 bits per heavy atom. The average molecular weight is 414 g/mol. The van der Waals surface area contributed by atoms with Crippen LogP contribution in [0.25, 0.3) is 0 Å². The number of nitrogens with one attached hydrogen (secondary N) is 1. The number of hydrogen-bond acceptors (Lipinski definition) is 5. The van der Waals surface area contributed by atoms with Crippen molar-refractivity contribution in [3.05, 3.63) is 52.8 Å². The second kappa shape index (κ2) is 9.80. The molecule has 0 radical (unpaired) electrons. The largest absolute Gasteiger partial charge is 0.492 e. The highest BCUT2D eigenvalue weighted by Crippen LogP contribution is 2.21. The molecule has 3 rings (SSSR count). The predicted octanol–water partition coefficient (Wildman–Crippen LogP) is 3.03. The van der Waals surface area contributed by atoms with Crippen molar-refractivity contribution >= 4 is 11.9 Å². The van der Waals surface area contributed by atoms with Crippen LogP contribution < -0.4 is 4.74 Å². The lowest BCUT2D eigenvalue weighted by molar-refractivity contribution is 0.0376. The number of piperazine rings is 1. The molecule has 1 N–H and O–H groups in total. The number of carbonyl (C=O) groups is 2. The maximum Gasteiger partial charge on any atom is 0.340 e. The fourth-order valence-corrected chi connectivity index (χ4v) is 3.69. The van der Waals surface area contributed by atoms with Gasteiger partial charge < -0.3 is 19.4 Å². The van der Waals surface area contributed by atoms with Gasteiger partial charge in [-0.15, -0.1) is 0 Å². The van der Waals surface area contributed by atoms with Gasteiger partial charge in [-0.25, -0.2) is 4.79 Å². The van der Waals surface area contributed by atoms with E-state index in [2.05, 4.69) is 9.88 Å². The molecule has 1 saturated heterocycles. The van der Waals surface area contributed by atoms with E-state index in [0.717, 1.165) is 25.4 Å². The Morgan fingerprint density at radius 1 is 1.07 bits per heavy atom. The molecule has 30 heavy (non-hydrogen) atoms. The molecule has 1 fully saturated rings. The molecular weight excluding hydrogens is 382 g/mol. The Balaban J connectivity index is 1.53. The zero-order valence-corrected chi connectivity index (χ0v) is 18.2. The number of H-pyrrole nitrogens is 1. The monoisotopic (exact) mass is 413 g/mol. The Bertz CT molecular complexity index is 868. The van der Waals surface area contributed by atoms with Gasteiger partial charge in [-0.05, 0) is 45.4 Å². The second-order valence-electron chi connectivity index (χ2n) is 7.87. The van der Waals surface area contributed by atoms with Crippen LogP contribution in [0.2, 0.25) is 0 Å². The number of nitrogens with zero attached hydrogens (tertiary/aromatic N) is 2. The Kier molecular flexibility index (Phi) is 7.15. The van der Waals surface area contributed by atoms with E-state index in [1.165, 1.54) is 0 Å². The van der Waals surface area contributed by atoms with Gasteiger partial charge in [0.25, 0.3) is 5.91 Å². The van der Waals surface area contributed by atoms with E-state index in [0.29, 0.717) is 42.2 Å². The first-order valence-corrected chi connectivity index (χ1v) is 10.5. The standard InChI is InChI=1S/C23H31N3O4/c1-16(2)30-23(28)20-17(3)21(24-18(20)4)22(27)26-12-10-25(11-13-26)14-15-29-19-8-6-5-7-9-19/h5-9,16,24H,10-15H2,1-4H3. The molecule has 1 aliphatic rings. The van der Waals surface area contributed by atoms with Gasteiger partial charge in [0, 0.05) is 38.4 Å². The third-order valence-electron chi connectivity index (χ3n) is 5.28. The molecule has 2 heterocycles. The van der Waals surface area contributed by atoms with Crippen molar-refractivity contribution in [3.8, 4) is 5.75 Å². The molecule has 1 aliphatic heterocycles. The van der Waals surface area contributed by atoms with E-state index >= 15 is 0 Å². The number of amides is 1. The maximum absolute atomic E-state index is 13.0. The van der Waals surface area contributed by atoms with Crippen molar-refractivity contribution in [2.75, 3.05) is 39.3 Å². The van der Waals surface area contributed by atoms with Crippen LogP contribution in [-0.4, -0.2) is 72.1 Å². The predicted molar refractivity (Wildman–Crippen MR) is 115 cm³/mol. The molecule has 7 nitrogen and oxygen atoms in total. The number of ether oxygens (including phenoxy) is 2. The van der Waals surface area contributed by atoms with Crippen molar-refractivity contribution in [2.24, 2.45) is 0 Å². The molecule has 162 valence electrons. The lowest BCUT2D eigenvalue weighted by atomic mass is 10.1. The lowest BCUT2D eigenvalue weighted by Gasteiger charge is -2.34. The normalized spacial score (nSPS) is 14.8. The van der Waals surface area contributed by atoms with E-state index in [-0.39, 0.29) is 12.0 Å². The highest BCUT2D eigenvalue weighted by Gasteiger charge is 2.28. The van der Waals surface area contributed by atoms with E-state index in [1.807, 2.05) is 49.1 Å². The number of carbonyl (C=O) groups excluding carboxylic acids is 2. The van der Waals surface area contributed by atoms with Crippen LogP contribution in [-0.2, 0) is 4.74 Å². The molecule has 0 bridgehead atoms. The van der Waals surface area contributed by atoms with E-state index in [1.54, 1.807) is 13.8 Å². The third kappa shape index (κ3) is 5.21. The van der Waals surface area contributed by atoms with Crippen LogP contribution in [0, 0.1) is 13.8 Å². The summed E-state index contributed by atoms with van der Waals surface area (Å²) in [6, 6.07) is 9.77. The Morgan fingerprint density at radius 2 is 1.73 bits per heavy atom. The molecule has 1 aromatic carbocycles. The smallest absolute Gasteiger partial charge is 0.340 e. The van der Waals surface area contributed by atoms with Gasteiger partial charge in [0.05, 0.1) is 11.7 Å². The SMILES string of the molecule is Cc1[nH]c(C(=O)N2CCN(CCOc3ccccc3)CC2)c(C)c1C(=O)OC(C)C. The highest BCUT2D eigenvalue weighted by atomic mass is 16.5. The van der Waals surface area contributed by atoms with Crippen LogP contribution >= 0.6 is 0 Å². The minimum atomic E-state index is -0.390. The minimum Gasteiger partial charge on any atom is -0.492 e. The van der Waals surface area contributed by atoms with Crippen molar-refractivity contribution in [1.82, 2.24) is 14.8 Å². The molecule has 1 amide bonds. The molecule has 0 unspecified atom stereocenters. The van der Waals surface area contributed by atoms with Gasteiger partial charge in [-0.1, -0.05) is 18.2 Å². The lowest BCUT2D eigenvalue weighted by Crippen LogP contribution is -2.49. The summed E-state index contributed by atoms with van der Waals surface area (Å²) < 4.78 is 11.1. The number of hydrogen-bond donors (Lipinski definition) is 1. The van der Waals surface area contributed by atoms with Crippen molar-refractivity contribution in [1.29, 1.82) is 0 Å². The number of aromatic amines is 1. The summed E-state index contributed by atoms with van der Waals surface area (Å²) in [6.45, 7) is 11.5. The van der Waals surface area contributed by atoms with Gasteiger partial charge in [0.15, 0.2) is 0 Å². The molecule has 1 aromatic heterocycles. The van der Waals surface area contributed by atoms with Crippen molar-refractivity contribution in [2.45, 2.75) is 33.8 Å². The van der Waals surface area contributed by atoms with Crippen LogP contribution in [0.5, 0.6) is 5.75 Å². The number of aromatic nitrogens is 1. The first-order chi connectivity index (χ1) is 14.4. The maximum atomic E-state index is 13.0. The third-order valence-corrected chi connectivity index (χ3v) is 5.28. The fourth-order valence-electron chi connectivity index (χ4n) is 3.69. The number of esters is 1. The molecule has 0 spiro atoms. The second-order valence-corrected chi connectivity index (χ2v) is 7.87. The summed E-state index contributed by atoms with van der Waals surface area (Å²) >= 11 is 0. The fraction of sp³-hybridized carbons (Fsp3) is 0.478. The molecule has 7 heteroatoms. The Labute approximate surface area is 178 Å². The van der Waals surface area contributed by atoms with Gasteiger partial charge in [0.1, 0.15) is 18.1 Å². The first kappa shape index (κ1) is 21.9. The first-order valence-electron chi connectivity index (χ1n) is 10.5. The van der Waals surface area contributed by atoms with Crippen LogP contribution in [0.15, 0.2) is 30.3 Å². The number of aryl methyl sites for hydroxylation is 1. The van der Waals surface area contributed by atoms with Crippen LogP contribution in [0.4, 0.5) is 0 Å². The zero-order chi connectivity index (χ0) is 21.7. The molecule has 0 aliphatic carbocycles. The zero-order valence-electron chi connectivity index (χ0n) is 18.2. The van der Waals surface area contributed by atoms with E-state index in [4.69, 9.17) is 9.47 Å². The summed E-state index contributed by atoms with van der Waals surface area (Å²) in [5.74, 6) is 0.411. The van der Waals surface area contributed by atoms with Gasteiger partial charge in [-0.3, -0.25) is 9.69 Å². The summed E-state index contributed by atoms with van der Waals surface area (Å²) in [6.07, 6.45) is -0.204. The molecule has 2 aromatic rings. The summed E-state index contributed by atoms with van der Waals surface area (Å²) in [7, 11) is 0. The number of para-hydroxylation sites is 1. The summed E-state index contributed by atoms with van der Waals surface area (Å²) in [5.41, 5.74) is 2.26. The van der Waals surface area contributed by atoms with Gasteiger partial charge >= 0.3 is 5.97 Å².